The molecular weight excluding hydrogens is 510 g/mol. The number of benzene rings is 2. The highest BCUT2D eigenvalue weighted by atomic mass is 32.2. The molecule has 1 heterocycles. The van der Waals surface area contributed by atoms with Gasteiger partial charge in [-0.2, -0.15) is 0 Å². The van der Waals surface area contributed by atoms with Crippen LogP contribution in [-0.4, -0.2) is 23.7 Å². The van der Waals surface area contributed by atoms with Crippen LogP contribution in [0.5, 0.6) is 0 Å². The average Bonchev–Trinajstić information content (AvgIpc) is 3.26. The number of Topliss-reactive ketones (excluding diaryl/α,β-unsaturated/α-hetero) is 1. The van der Waals surface area contributed by atoms with Crippen molar-refractivity contribution in [3.8, 4) is 0 Å². The second-order valence-electron chi connectivity index (χ2n) is 11.3. The number of para-hydroxylation sites is 1. The fraction of sp³-hybridized carbons (Fsp3) is 0.278. The number of carbonyl (C=O) groups is 2. The quantitative estimate of drug-likeness (QED) is 0.294. The van der Waals surface area contributed by atoms with Gasteiger partial charge >= 0.3 is 0 Å². The van der Waals surface area contributed by atoms with E-state index in [9.17, 15) is 9.59 Å². The predicted octanol–water partition coefficient (Wildman–Crippen LogP) is 8.51. The third kappa shape index (κ3) is 5.93. The van der Waals surface area contributed by atoms with E-state index in [4.69, 9.17) is 0 Å². The Kier molecular flexibility index (Phi) is 9.00. The van der Waals surface area contributed by atoms with Crippen molar-refractivity contribution in [3.05, 3.63) is 131 Å². The highest BCUT2D eigenvalue weighted by Gasteiger charge is 2.40. The van der Waals surface area contributed by atoms with Crippen LogP contribution < -0.4 is 4.90 Å². The zero-order valence-electron chi connectivity index (χ0n) is 24.4. The zero-order valence-corrected chi connectivity index (χ0v) is 25.2. The van der Waals surface area contributed by atoms with Gasteiger partial charge in [0.15, 0.2) is 0 Å². The van der Waals surface area contributed by atoms with Gasteiger partial charge in [0.1, 0.15) is 5.78 Å². The molecule has 0 spiro atoms. The number of thioether (sulfide) groups is 1. The van der Waals surface area contributed by atoms with Crippen LogP contribution >= 0.6 is 11.8 Å². The van der Waals surface area contributed by atoms with Gasteiger partial charge in [0.25, 0.3) is 0 Å². The third-order valence-corrected chi connectivity index (χ3v) is 8.43. The maximum atomic E-state index is 12.3. The summed E-state index contributed by atoms with van der Waals surface area (Å²) in [7, 11) is 0. The molecule has 0 unspecified atom stereocenters. The normalized spacial score (nSPS) is 18.6. The van der Waals surface area contributed by atoms with Crippen molar-refractivity contribution in [1.29, 1.82) is 0 Å². The van der Waals surface area contributed by atoms with E-state index < -0.39 is 0 Å². The van der Waals surface area contributed by atoms with Crippen molar-refractivity contribution in [1.82, 2.24) is 0 Å². The summed E-state index contributed by atoms with van der Waals surface area (Å²) in [6, 6.07) is 16.7. The molecule has 0 saturated carbocycles. The summed E-state index contributed by atoms with van der Waals surface area (Å²) in [6.45, 7) is 10.9. The van der Waals surface area contributed by atoms with Crippen molar-refractivity contribution < 1.29 is 9.59 Å². The number of anilines is 1. The molecule has 2 aromatic rings. The zero-order chi connectivity index (χ0) is 28.9. The van der Waals surface area contributed by atoms with Gasteiger partial charge in [-0.15, -0.1) is 0 Å². The van der Waals surface area contributed by atoms with Crippen LogP contribution in [0.25, 0.3) is 5.57 Å². The standard InChI is InChI=1S/C36H39NO2S/c1-26(38)24-28-27-18-14-15-20-29(27)35(2,3)30(28)19-12-10-8-7-9-11-13-23-33-36(4,5)31-21-16-17-22-32(31)37(33)25-34(39)40-6/h7-23H,24-25H2,1-6H3/b9-7+,10-8+,13-11+,19-12+,33-23-. The summed E-state index contributed by atoms with van der Waals surface area (Å²) in [5.74, 6) is 0.178. The van der Waals surface area contributed by atoms with Crippen LogP contribution in [0, 0.1) is 0 Å². The largest absolute Gasteiger partial charge is 0.336 e. The van der Waals surface area contributed by atoms with Crippen molar-refractivity contribution in [3.63, 3.8) is 0 Å². The third-order valence-electron chi connectivity index (χ3n) is 7.85. The van der Waals surface area contributed by atoms with Gasteiger partial charge in [-0.25, -0.2) is 0 Å². The van der Waals surface area contributed by atoms with E-state index in [1.807, 2.05) is 54.8 Å². The summed E-state index contributed by atoms with van der Waals surface area (Å²) in [5.41, 5.74) is 7.95. The molecule has 0 saturated heterocycles. The molecule has 0 N–H and O–H groups in total. The number of carbonyl (C=O) groups excluding carboxylic acids is 2. The van der Waals surface area contributed by atoms with Crippen molar-refractivity contribution in [2.24, 2.45) is 0 Å². The summed E-state index contributed by atoms with van der Waals surface area (Å²) in [4.78, 5) is 26.5. The Hall–Kier alpha value is -3.63. The topological polar surface area (TPSA) is 37.4 Å². The summed E-state index contributed by atoms with van der Waals surface area (Å²) in [6.07, 6.45) is 20.7. The molecule has 3 nitrogen and oxygen atoms in total. The molecule has 206 valence electrons. The van der Waals surface area contributed by atoms with E-state index in [0.29, 0.717) is 13.0 Å². The SMILES string of the molecule is CSC(=O)CN1\C(=C/C=C/C=C/C=C/C=C/C2=C(CC(C)=O)c3ccccc3C2(C)C)C(C)(C)c2ccccc21. The van der Waals surface area contributed by atoms with Gasteiger partial charge in [-0.1, -0.05) is 131 Å². The lowest BCUT2D eigenvalue weighted by Gasteiger charge is -2.26. The van der Waals surface area contributed by atoms with Gasteiger partial charge in [-0.3, -0.25) is 9.59 Å². The maximum absolute atomic E-state index is 12.3. The Morgan fingerprint density at radius 2 is 1.40 bits per heavy atom. The number of hydrogen-bond donors (Lipinski definition) is 0. The van der Waals surface area contributed by atoms with Crippen LogP contribution in [0.15, 0.2) is 114 Å². The first-order chi connectivity index (χ1) is 19.1. The van der Waals surface area contributed by atoms with Crippen molar-refractivity contribution in [2.75, 3.05) is 17.7 Å². The highest BCUT2D eigenvalue weighted by Crippen LogP contribution is 2.48. The van der Waals surface area contributed by atoms with E-state index in [1.54, 1.807) is 6.92 Å². The van der Waals surface area contributed by atoms with E-state index in [2.05, 4.69) is 87.2 Å². The number of allylic oxidation sites excluding steroid dienone is 12. The van der Waals surface area contributed by atoms with Gasteiger partial charge < -0.3 is 4.90 Å². The summed E-state index contributed by atoms with van der Waals surface area (Å²) in [5, 5.41) is 0.148. The minimum Gasteiger partial charge on any atom is -0.336 e. The molecule has 4 rings (SSSR count). The molecule has 4 heteroatoms. The molecule has 1 aliphatic heterocycles. The second-order valence-corrected chi connectivity index (χ2v) is 12.2. The molecule has 0 bridgehead atoms. The van der Waals surface area contributed by atoms with E-state index in [0.717, 1.165) is 17.0 Å². The monoisotopic (exact) mass is 549 g/mol. The number of rotatable bonds is 9. The minimum atomic E-state index is -0.183. The van der Waals surface area contributed by atoms with Crippen LogP contribution in [0.3, 0.4) is 0 Å². The van der Waals surface area contributed by atoms with E-state index in [-0.39, 0.29) is 21.7 Å². The lowest BCUT2D eigenvalue weighted by atomic mass is 9.81. The number of nitrogens with zero attached hydrogens (tertiary/aromatic N) is 1. The Balaban J connectivity index is 1.46. The molecule has 0 aromatic heterocycles. The first-order valence-corrected chi connectivity index (χ1v) is 15.0. The lowest BCUT2D eigenvalue weighted by Crippen LogP contribution is -2.29. The van der Waals surface area contributed by atoms with Crippen LogP contribution in [0.4, 0.5) is 5.69 Å². The highest BCUT2D eigenvalue weighted by molar-refractivity contribution is 8.13. The van der Waals surface area contributed by atoms with Gasteiger partial charge in [0, 0.05) is 28.6 Å². The number of ketones is 1. The number of hydrogen-bond acceptors (Lipinski definition) is 4. The molecule has 2 aliphatic rings. The van der Waals surface area contributed by atoms with Gasteiger partial charge in [0.05, 0.1) is 6.54 Å². The van der Waals surface area contributed by atoms with Crippen molar-refractivity contribution in [2.45, 2.75) is 51.9 Å². The summed E-state index contributed by atoms with van der Waals surface area (Å²) < 4.78 is 0. The molecular formula is C36H39NO2S. The molecule has 40 heavy (non-hydrogen) atoms. The molecule has 0 amide bonds. The lowest BCUT2D eigenvalue weighted by molar-refractivity contribution is -0.116. The van der Waals surface area contributed by atoms with E-state index >= 15 is 0 Å². The predicted molar refractivity (Wildman–Crippen MR) is 172 cm³/mol. The maximum Gasteiger partial charge on any atom is 0.208 e. The fourth-order valence-corrected chi connectivity index (χ4v) is 6.09. The van der Waals surface area contributed by atoms with Crippen LogP contribution in [0.2, 0.25) is 0 Å². The Morgan fingerprint density at radius 1 is 0.800 bits per heavy atom. The van der Waals surface area contributed by atoms with Crippen molar-refractivity contribution >= 4 is 33.9 Å². The molecule has 1 aliphatic carbocycles. The first kappa shape index (κ1) is 29.4. The molecule has 2 aromatic carbocycles. The Morgan fingerprint density at radius 3 is 2.08 bits per heavy atom. The first-order valence-electron chi connectivity index (χ1n) is 13.7. The van der Waals surface area contributed by atoms with Crippen LogP contribution in [-0.2, 0) is 20.4 Å². The van der Waals surface area contributed by atoms with Gasteiger partial charge in [-0.05, 0) is 53.2 Å². The average molecular weight is 550 g/mol. The molecule has 0 radical (unpaired) electrons. The molecule has 0 atom stereocenters. The summed E-state index contributed by atoms with van der Waals surface area (Å²) >= 11 is 1.27. The Labute approximate surface area is 243 Å². The minimum absolute atomic E-state index is 0.139. The van der Waals surface area contributed by atoms with Gasteiger partial charge in [0.2, 0.25) is 5.12 Å². The van der Waals surface area contributed by atoms with Crippen LogP contribution in [0.1, 0.15) is 57.7 Å². The fourth-order valence-electron chi connectivity index (χ4n) is 5.83. The van der Waals surface area contributed by atoms with E-state index in [1.165, 1.54) is 34.0 Å². The smallest absolute Gasteiger partial charge is 0.208 e. The molecule has 0 fully saturated rings. The number of fused-ring (bicyclic) bond motifs is 2. The second kappa shape index (κ2) is 12.3. The Bertz CT molecular complexity index is 1480.